The van der Waals surface area contributed by atoms with Gasteiger partial charge in [-0.15, -0.1) is 0 Å². The van der Waals surface area contributed by atoms with Crippen LogP contribution in [0.2, 0.25) is 0 Å². The van der Waals surface area contributed by atoms with E-state index in [1.165, 1.54) is 0 Å². The molecule has 1 heterocycles. The lowest BCUT2D eigenvalue weighted by Crippen LogP contribution is -2.14. The van der Waals surface area contributed by atoms with Crippen LogP contribution in [0.5, 0.6) is 0 Å². The Labute approximate surface area is 49.3 Å². The van der Waals surface area contributed by atoms with Crippen LogP contribution in [0.1, 0.15) is 6.42 Å². The maximum absolute atomic E-state index is 4.01. The van der Waals surface area contributed by atoms with Crippen molar-refractivity contribution in [2.75, 3.05) is 6.54 Å². The molecule has 1 N–H and O–H groups in total. The summed E-state index contributed by atoms with van der Waals surface area (Å²) in [5, 5.41) is 2.95. The van der Waals surface area contributed by atoms with Crippen LogP contribution in [0.15, 0.2) is 16.8 Å². The van der Waals surface area contributed by atoms with E-state index in [0.29, 0.717) is 0 Å². The first-order chi connectivity index (χ1) is 3.93. The van der Waals surface area contributed by atoms with Crippen LogP contribution in [0, 0.1) is 6.92 Å². The lowest BCUT2D eigenvalue weighted by molar-refractivity contribution is 0.984. The van der Waals surface area contributed by atoms with Gasteiger partial charge in [0.15, 0.2) is 0 Å². The summed E-state index contributed by atoms with van der Waals surface area (Å²) in [4.78, 5) is 4.01. The summed E-state index contributed by atoms with van der Waals surface area (Å²) in [6.45, 7) is 4.60. The van der Waals surface area contributed by atoms with Gasteiger partial charge in [0.05, 0.1) is 6.34 Å². The van der Waals surface area contributed by atoms with Gasteiger partial charge in [0, 0.05) is 12.2 Å². The fraction of sp³-hybridized carbons (Fsp3) is 0.333. The van der Waals surface area contributed by atoms with Crippen LogP contribution in [0.4, 0.5) is 0 Å². The maximum Gasteiger partial charge on any atom is 0.0884 e. The molecule has 0 bridgehead atoms. The van der Waals surface area contributed by atoms with Gasteiger partial charge in [0.2, 0.25) is 0 Å². The minimum absolute atomic E-state index is 0.790. The topological polar surface area (TPSA) is 24.4 Å². The molecule has 0 saturated carbocycles. The molecule has 0 aliphatic carbocycles. The number of aliphatic imine (C=N–C) groups is 1. The van der Waals surface area contributed by atoms with E-state index in [2.05, 4.69) is 17.2 Å². The highest BCUT2D eigenvalue weighted by Crippen LogP contribution is 2.00. The zero-order valence-corrected chi connectivity index (χ0v) is 4.72. The van der Waals surface area contributed by atoms with Gasteiger partial charge in [-0.2, -0.15) is 0 Å². The predicted molar refractivity (Wildman–Crippen MR) is 34.6 cm³/mol. The Morgan fingerprint density at radius 3 is 3.12 bits per heavy atom. The fourth-order valence-electron chi connectivity index (χ4n) is 0.577. The van der Waals surface area contributed by atoms with Crippen LogP contribution in [-0.4, -0.2) is 12.9 Å². The molecule has 0 aromatic heterocycles. The third-order valence-corrected chi connectivity index (χ3v) is 1.03. The normalized spacial score (nSPS) is 17.4. The monoisotopic (exact) mass is 109 g/mol. The van der Waals surface area contributed by atoms with Crippen molar-refractivity contribution < 1.29 is 0 Å². The summed E-state index contributed by atoms with van der Waals surface area (Å²) in [5.74, 6) is 0. The average Bonchev–Trinajstić information content (AvgIpc) is 1.90. The first-order valence-electron chi connectivity index (χ1n) is 2.67. The molecule has 0 aromatic carbocycles. The van der Waals surface area contributed by atoms with Gasteiger partial charge in [-0.25, -0.2) is 4.99 Å². The zero-order chi connectivity index (χ0) is 5.82. The zero-order valence-electron chi connectivity index (χ0n) is 4.72. The molecule has 2 nitrogen and oxygen atoms in total. The van der Waals surface area contributed by atoms with E-state index in [1.807, 2.05) is 6.08 Å². The SMILES string of the molecule is [CH2]CC1=CCNC=N1. The fourth-order valence-corrected chi connectivity index (χ4v) is 0.577. The van der Waals surface area contributed by atoms with Gasteiger partial charge in [-0.3, -0.25) is 0 Å². The third kappa shape index (κ3) is 1.09. The van der Waals surface area contributed by atoms with Gasteiger partial charge in [0.1, 0.15) is 0 Å². The lowest BCUT2D eigenvalue weighted by Gasteiger charge is -2.03. The molecule has 43 valence electrons. The summed E-state index contributed by atoms with van der Waals surface area (Å²) >= 11 is 0. The van der Waals surface area contributed by atoms with Crippen LogP contribution in [0.3, 0.4) is 0 Å². The molecule has 1 rings (SSSR count). The van der Waals surface area contributed by atoms with Crippen molar-refractivity contribution in [3.8, 4) is 0 Å². The Morgan fingerprint density at radius 2 is 2.75 bits per heavy atom. The van der Waals surface area contributed by atoms with E-state index in [0.717, 1.165) is 18.7 Å². The van der Waals surface area contributed by atoms with E-state index in [9.17, 15) is 0 Å². The van der Waals surface area contributed by atoms with Crippen LogP contribution in [-0.2, 0) is 0 Å². The Balaban J connectivity index is 2.51. The second-order valence-corrected chi connectivity index (χ2v) is 1.61. The molecule has 0 atom stereocenters. The highest BCUT2D eigenvalue weighted by atomic mass is 15.0. The number of rotatable bonds is 1. The highest BCUT2D eigenvalue weighted by Gasteiger charge is 1.90. The number of nitrogens with one attached hydrogen (secondary N) is 1. The van der Waals surface area contributed by atoms with Crippen molar-refractivity contribution in [1.82, 2.24) is 5.32 Å². The smallest absolute Gasteiger partial charge is 0.0884 e. The molecule has 1 aliphatic heterocycles. The van der Waals surface area contributed by atoms with Crippen LogP contribution in [0.25, 0.3) is 0 Å². The van der Waals surface area contributed by atoms with E-state index in [1.54, 1.807) is 6.34 Å². The molecule has 0 saturated heterocycles. The molecular weight excluding hydrogens is 100 g/mol. The Hall–Kier alpha value is -0.790. The van der Waals surface area contributed by atoms with Crippen molar-refractivity contribution >= 4 is 6.34 Å². The van der Waals surface area contributed by atoms with Crippen LogP contribution < -0.4 is 5.32 Å². The summed E-state index contributed by atoms with van der Waals surface area (Å²) in [7, 11) is 0. The molecule has 8 heavy (non-hydrogen) atoms. The van der Waals surface area contributed by atoms with E-state index in [4.69, 9.17) is 0 Å². The summed E-state index contributed by atoms with van der Waals surface area (Å²) in [6, 6.07) is 0. The minimum atomic E-state index is 0.790. The second kappa shape index (κ2) is 2.50. The van der Waals surface area contributed by atoms with E-state index >= 15 is 0 Å². The second-order valence-electron chi connectivity index (χ2n) is 1.61. The molecule has 0 amide bonds. The largest absolute Gasteiger partial charge is 0.373 e. The van der Waals surface area contributed by atoms with Crippen molar-refractivity contribution in [2.45, 2.75) is 6.42 Å². The summed E-state index contributed by atoms with van der Waals surface area (Å²) in [5.41, 5.74) is 1.07. The van der Waals surface area contributed by atoms with Crippen molar-refractivity contribution in [1.29, 1.82) is 0 Å². The van der Waals surface area contributed by atoms with Crippen molar-refractivity contribution in [3.63, 3.8) is 0 Å². The lowest BCUT2D eigenvalue weighted by atomic mass is 10.3. The first-order valence-corrected chi connectivity index (χ1v) is 2.67. The Morgan fingerprint density at radius 1 is 1.88 bits per heavy atom. The van der Waals surface area contributed by atoms with Crippen molar-refractivity contribution in [2.24, 2.45) is 4.99 Å². The van der Waals surface area contributed by atoms with Gasteiger partial charge in [-0.05, 0) is 19.4 Å². The van der Waals surface area contributed by atoms with Gasteiger partial charge < -0.3 is 5.32 Å². The molecule has 0 spiro atoms. The first kappa shape index (κ1) is 5.35. The van der Waals surface area contributed by atoms with Gasteiger partial charge in [-0.1, -0.05) is 0 Å². The van der Waals surface area contributed by atoms with E-state index in [-0.39, 0.29) is 0 Å². The maximum atomic E-state index is 4.01. The standard InChI is InChI=1S/C6H9N2/c1-2-6-3-4-7-5-8-6/h3,5H,1-2,4H2,(H,7,8). The van der Waals surface area contributed by atoms with E-state index < -0.39 is 0 Å². The molecule has 1 aliphatic rings. The highest BCUT2D eigenvalue weighted by molar-refractivity contribution is 5.58. The molecule has 2 heteroatoms. The average molecular weight is 109 g/mol. The number of hydrogen-bond donors (Lipinski definition) is 1. The summed E-state index contributed by atoms with van der Waals surface area (Å²) < 4.78 is 0. The molecule has 0 fully saturated rings. The number of hydrogen-bond acceptors (Lipinski definition) is 2. The third-order valence-electron chi connectivity index (χ3n) is 1.03. The number of nitrogens with zero attached hydrogens (tertiary/aromatic N) is 1. The minimum Gasteiger partial charge on any atom is -0.373 e. The van der Waals surface area contributed by atoms with Crippen molar-refractivity contribution in [3.05, 3.63) is 18.7 Å². The molecule has 0 aromatic rings. The molecule has 1 radical (unpaired) electrons. The predicted octanol–water partition coefficient (Wildman–Crippen LogP) is 0.726. The summed E-state index contributed by atoms with van der Waals surface area (Å²) in [6.07, 6.45) is 4.53. The Kier molecular flexibility index (Phi) is 1.67. The molecular formula is C6H9N2. The van der Waals surface area contributed by atoms with Gasteiger partial charge in [0.25, 0.3) is 0 Å². The number of allylic oxidation sites excluding steroid dienone is 1. The Bertz CT molecular complexity index is 124. The molecule has 0 unspecified atom stereocenters. The van der Waals surface area contributed by atoms with Gasteiger partial charge >= 0.3 is 0 Å². The quantitative estimate of drug-likeness (QED) is 0.527. The van der Waals surface area contributed by atoms with Crippen LogP contribution >= 0.6 is 0 Å².